The lowest BCUT2D eigenvalue weighted by Crippen LogP contribution is -1.98. The number of nitrogens with zero attached hydrogens (tertiary/aromatic N) is 3. The molecule has 140 valence electrons. The lowest BCUT2D eigenvalue weighted by Gasteiger charge is -2.05. The molecule has 4 heteroatoms. The number of hydrogen-bond donors (Lipinski definition) is 0. The molecule has 0 N–H and O–H groups in total. The molecule has 0 aliphatic heterocycles. The zero-order valence-corrected chi connectivity index (χ0v) is 16.0. The van der Waals surface area contributed by atoms with E-state index in [-0.39, 0.29) is 0 Å². The summed E-state index contributed by atoms with van der Waals surface area (Å²) in [6, 6.07) is 32.4. The molecular formula is C25H19N3O. The Balaban J connectivity index is 1.73. The van der Waals surface area contributed by atoms with E-state index in [4.69, 9.17) is 14.8 Å². The Bertz CT molecular complexity index is 1260. The van der Waals surface area contributed by atoms with E-state index in [9.17, 15) is 0 Å². The average Bonchev–Trinajstić information content (AvgIpc) is 3.19. The molecule has 0 aliphatic rings. The minimum atomic E-state index is 0.829. The molecule has 0 amide bonds. The Morgan fingerprint density at radius 1 is 0.690 bits per heavy atom. The molecule has 0 atom stereocenters. The lowest BCUT2D eigenvalue weighted by molar-refractivity contribution is 0.415. The van der Waals surface area contributed by atoms with Crippen molar-refractivity contribution in [1.82, 2.24) is 14.8 Å². The van der Waals surface area contributed by atoms with Crippen LogP contribution in [0, 0.1) is 0 Å². The number of ether oxygens (including phenoxy) is 1. The van der Waals surface area contributed by atoms with Crippen LogP contribution in [0.4, 0.5) is 0 Å². The minimum absolute atomic E-state index is 0.829. The van der Waals surface area contributed by atoms with Gasteiger partial charge in [-0.15, -0.1) is 0 Å². The molecule has 0 spiro atoms. The van der Waals surface area contributed by atoms with Crippen LogP contribution in [0.5, 0.6) is 5.75 Å². The molecule has 0 saturated heterocycles. The third-order valence-corrected chi connectivity index (χ3v) is 4.96. The van der Waals surface area contributed by atoms with Crippen molar-refractivity contribution >= 4 is 11.0 Å². The molecule has 0 radical (unpaired) electrons. The van der Waals surface area contributed by atoms with Gasteiger partial charge in [0.05, 0.1) is 18.5 Å². The van der Waals surface area contributed by atoms with E-state index in [1.54, 1.807) is 7.11 Å². The Morgan fingerprint density at radius 2 is 1.38 bits per heavy atom. The summed E-state index contributed by atoms with van der Waals surface area (Å²) >= 11 is 0. The molecular weight excluding hydrogens is 358 g/mol. The largest absolute Gasteiger partial charge is 0.497 e. The highest BCUT2D eigenvalue weighted by molar-refractivity contribution is 5.93. The number of methoxy groups -OCH3 is 1. The zero-order valence-electron chi connectivity index (χ0n) is 16.0. The second kappa shape index (κ2) is 7.24. The number of benzene rings is 3. The fourth-order valence-corrected chi connectivity index (χ4v) is 3.48. The second-order valence-electron chi connectivity index (χ2n) is 6.76. The molecule has 29 heavy (non-hydrogen) atoms. The van der Waals surface area contributed by atoms with Gasteiger partial charge in [0.1, 0.15) is 11.4 Å². The minimum Gasteiger partial charge on any atom is -0.497 e. The highest BCUT2D eigenvalue weighted by Crippen LogP contribution is 2.31. The van der Waals surface area contributed by atoms with Crippen molar-refractivity contribution in [1.29, 1.82) is 0 Å². The van der Waals surface area contributed by atoms with Crippen molar-refractivity contribution in [2.75, 3.05) is 7.11 Å². The Hall–Kier alpha value is -3.92. The summed E-state index contributed by atoms with van der Waals surface area (Å²) in [7, 11) is 1.67. The predicted molar refractivity (Wildman–Crippen MR) is 116 cm³/mol. The van der Waals surface area contributed by atoms with Gasteiger partial charge in [-0.3, -0.25) is 0 Å². The van der Waals surface area contributed by atoms with E-state index >= 15 is 0 Å². The summed E-state index contributed by atoms with van der Waals surface area (Å²) in [4.78, 5) is 4.98. The van der Waals surface area contributed by atoms with Gasteiger partial charge in [-0.05, 0) is 48.5 Å². The van der Waals surface area contributed by atoms with E-state index in [2.05, 4.69) is 18.2 Å². The Labute approximate surface area is 169 Å². The van der Waals surface area contributed by atoms with Crippen LogP contribution in [0.15, 0.2) is 97.1 Å². The van der Waals surface area contributed by atoms with Gasteiger partial charge in [0.2, 0.25) is 0 Å². The first-order valence-electron chi connectivity index (χ1n) is 9.48. The maximum Gasteiger partial charge on any atom is 0.164 e. The summed E-state index contributed by atoms with van der Waals surface area (Å²) in [5, 5.41) is 5.95. The quantitative estimate of drug-likeness (QED) is 0.400. The van der Waals surface area contributed by atoms with E-state index in [1.807, 2.05) is 83.5 Å². The molecule has 5 aromatic rings. The molecule has 0 fully saturated rings. The Kier molecular flexibility index (Phi) is 4.30. The van der Waals surface area contributed by atoms with Gasteiger partial charge < -0.3 is 4.74 Å². The van der Waals surface area contributed by atoms with Crippen LogP contribution in [-0.4, -0.2) is 21.9 Å². The second-order valence-corrected chi connectivity index (χ2v) is 6.76. The number of rotatable bonds is 4. The third-order valence-electron chi connectivity index (χ3n) is 4.96. The molecule has 0 unspecified atom stereocenters. The smallest absolute Gasteiger partial charge is 0.164 e. The summed E-state index contributed by atoms with van der Waals surface area (Å²) in [6.07, 6.45) is 0. The van der Waals surface area contributed by atoms with Gasteiger partial charge in [0, 0.05) is 16.5 Å². The molecule has 0 aliphatic carbocycles. The van der Waals surface area contributed by atoms with E-state index in [0.29, 0.717) is 0 Å². The van der Waals surface area contributed by atoms with E-state index in [1.165, 1.54) is 0 Å². The SMILES string of the molecule is COc1ccc(-c2ccc3c(-c4ccccc4)nn(-c4ccccc4)c3n2)cc1. The number of para-hydroxylation sites is 1. The zero-order chi connectivity index (χ0) is 19.6. The summed E-state index contributed by atoms with van der Waals surface area (Å²) in [5.74, 6) is 0.829. The van der Waals surface area contributed by atoms with Gasteiger partial charge >= 0.3 is 0 Å². The third kappa shape index (κ3) is 3.15. The maximum absolute atomic E-state index is 5.27. The predicted octanol–water partition coefficient (Wildman–Crippen LogP) is 5.76. The molecule has 4 nitrogen and oxygen atoms in total. The molecule has 5 rings (SSSR count). The van der Waals surface area contributed by atoms with Crippen molar-refractivity contribution in [3.05, 3.63) is 97.1 Å². The number of pyridine rings is 1. The van der Waals surface area contributed by atoms with Crippen molar-refractivity contribution in [2.45, 2.75) is 0 Å². The molecule has 0 bridgehead atoms. The highest BCUT2D eigenvalue weighted by Gasteiger charge is 2.16. The topological polar surface area (TPSA) is 39.9 Å². The maximum atomic E-state index is 5.27. The highest BCUT2D eigenvalue weighted by atomic mass is 16.5. The van der Waals surface area contributed by atoms with Crippen molar-refractivity contribution in [3.8, 4) is 34.0 Å². The Morgan fingerprint density at radius 3 is 2.07 bits per heavy atom. The molecule has 2 heterocycles. The van der Waals surface area contributed by atoms with Gasteiger partial charge in [-0.25, -0.2) is 9.67 Å². The van der Waals surface area contributed by atoms with Gasteiger partial charge in [-0.1, -0.05) is 48.5 Å². The monoisotopic (exact) mass is 377 g/mol. The van der Waals surface area contributed by atoms with Crippen LogP contribution in [0.1, 0.15) is 0 Å². The number of fused-ring (bicyclic) bond motifs is 1. The molecule has 3 aromatic carbocycles. The molecule has 0 saturated carbocycles. The summed E-state index contributed by atoms with van der Waals surface area (Å²) < 4.78 is 7.19. The van der Waals surface area contributed by atoms with Crippen LogP contribution in [0.25, 0.3) is 39.2 Å². The van der Waals surface area contributed by atoms with Gasteiger partial charge in [0.25, 0.3) is 0 Å². The number of aromatic nitrogens is 3. The first-order valence-corrected chi connectivity index (χ1v) is 9.48. The van der Waals surface area contributed by atoms with Crippen molar-refractivity contribution in [2.24, 2.45) is 0 Å². The van der Waals surface area contributed by atoms with Crippen LogP contribution >= 0.6 is 0 Å². The van der Waals surface area contributed by atoms with Crippen LogP contribution < -0.4 is 4.74 Å². The number of hydrogen-bond acceptors (Lipinski definition) is 3. The fourth-order valence-electron chi connectivity index (χ4n) is 3.48. The standard InChI is InChI=1S/C25H19N3O/c1-29-21-14-12-18(13-15-21)23-17-16-22-24(19-8-4-2-5-9-19)27-28(25(22)26-23)20-10-6-3-7-11-20/h2-17H,1H3. The first kappa shape index (κ1) is 17.2. The van der Waals surface area contributed by atoms with Crippen LogP contribution in [-0.2, 0) is 0 Å². The molecule has 2 aromatic heterocycles. The summed E-state index contributed by atoms with van der Waals surface area (Å²) in [5.41, 5.74) is 5.76. The average molecular weight is 377 g/mol. The van der Waals surface area contributed by atoms with E-state index < -0.39 is 0 Å². The van der Waals surface area contributed by atoms with Crippen molar-refractivity contribution < 1.29 is 4.74 Å². The van der Waals surface area contributed by atoms with Crippen molar-refractivity contribution in [3.63, 3.8) is 0 Å². The van der Waals surface area contributed by atoms with Crippen LogP contribution in [0.3, 0.4) is 0 Å². The van der Waals surface area contributed by atoms with Gasteiger partial charge in [0.15, 0.2) is 5.65 Å². The van der Waals surface area contributed by atoms with Crippen LogP contribution in [0.2, 0.25) is 0 Å². The first-order chi connectivity index (χ1) is 14.3. The lowest BCUT2D eigenvalue weighted by atomic mass is 10.1. The summed E-state index contributed by atoms with van der Waals surface area (Å²) in [6.45, 7) is 0. The normalized spacial score (nSPS) is 10.9. The van der Waals surface area contributed by atoms with Gasteiger partial charge in [-0.2, -0.15) is 5.10 Å². The fraction of sp³-hybridized carbons (Fsp3) is 0.0400. The van der Waals surface area contributed by atoms with E-state index in [0.717, 1.165) is 45.0 Å².